The normalized spacial score (nSPS) is 9.42. The second-order valence-electron chi connectivity index (χ2n) is 2.18. The predicted octanol–water partition coefficient (Wildman–Crippen LogP) is 0.242. The number of nitrogens with zero attached hydrogens (tertiary/aromatic N) is 1. The van der Waals surface area contributed by atoms with Crippen LogP contribution in [0.2, 0.25) is 0 Å². The molecule has 0 atom stereocenters. The zero-order valence-corrected chi connectivity index (χ0v) is 6.49. The SMILES string of the molecule is [O]CCNC(=O)c1ccccn1. The monoisotopic (exact) mass is 165 g/mol. The lowest BCUT2D eigenvalue weighted by Gasteiger charge is -1.99. The fourth-order valence-corrected chi connectivity index (χ4v) is 0.752. The van der Waals surface area contributed by atoms with Crippen molar-refractivity contribution < 1.29 is 9.90 Å². The second-order valence-corrected chi connectivity index (χ2v) is 2.18. The van der Waals surface area contributed by atoms with E-state index in [1.807, 2.05) is 0 Å². The highest BCUT2D eigenvalue weighted by molar-refractivity contribution is 5.92. The van der Waals surface area contributed by atoms with Crippen LogP contribution in [0.15, 0.2) is 24.4 Å². The third-order valence-corrected chi connectivity index (χ3v) is 1.29. The summed E-state index contributed by atoms with van der Waals surface area (Å²) in [6.07, 6.45) is 1.53. The molecule has 0 saturated carbocycles. The molecule has 1 amide bonds. The molecule has 0 aliphatic carbocycles. The molecule has 4 nitrogen and oxygen atoms in total. The van der Waals surface area contributed by atoms with Crippen LogP contribution < -0.4 is 5.32 Å². The first-order valence-corrected chi connectivity index (χ1v) is 3.62. The van der Waals surface area contributed by atoms with Crippen molar-refractivity contribution in [3.8, 4) is 0 Å². The van der Waals surface area contributed by atoms with Crippen molar-refractivity contribution in [2.45, 2.75) is 0 Å². The van der Waals surface area contributed by atoms with Gasteiger partial charge in [-0.3, -0.25) is 9.78 Å². The van der Waals surface area contributed by atoms with E-state index >= 15 is 0 Å². The summed E-state index contributed by atoms with van der Waals surface area (Å²) in [5, 5.41) is 12.5. The van der Waals surface area contributed by atoms with Crippen LogP contribution in [-0.4, -0.2) is 24.0 Å². The Labute approximate surface area is 70.3 Å². The van der Waals surface area contributed by atoms with Gasteiger partial charge < -0.3 is 5.32 Å². The molecular formula is C8H9N2O2. The second kappa shape index (κ2) is 4.46. The van der Waals surface area contributed by atoms with Gasteiger partial charge in [0.2, 0.25) is 0 Å². The fourth-order valence-electron chi connectivity index (χ4n) is 0.752. The Morgan fingerprint density at radius 3 is 2.92 bits per heavy atom. The minimum Gasteiger partial charge on any atom is -0.348 e. The summed E-state index contributed by atoms with van der Waals surface area (Å²) in [6.45, 7) is -0.159. The van der Waals surface area contributed by atoms with E-state index in [-0.39, 0.29) is 19.1 Å². The van der Waals surface area contributed by atoms with Gasteiger partial charge in [0.05, 0.1) is 6.61 Å². The summed E-state index contributed by atoms with van der Waals surface area (Å²) in [5.41, 5.74) is 0.339. The van der Waals surface area contributed by atoms with E-state index < -0.39 is 0 Å². The summed E-state index contributed by atoms with van der Waals surface area (Å²) in [6, 6.07) is 5.05. The molecule has 0 aliphatic rings. The molecule has 1 N–H and O–H groups in total. The summed E-state index contributed by atoms with van der Waals surface area (Å²) < 4.78 is 0. The molecule has 1 aromatic rings. The van der Waals surface area contributed by atoms with Crippen LogP contribution in [0.25, 0.3) is 0 Å². The molecule has 1 radical (unpaired) electrons. The number of nitrogens with one attached hydrogen (secondary N) is 1. The number of amides is 1. The van der Waals surface area contributed by atoms with E-state index in [2.05, 4.69) is 10.3 Å². The minimum absolute atomic E-state index is 0.148. The van der Waals surface area contributed by atoms with Gasteiger partial charge in [0.1, 0.15) is 5.69 Å². The fraction of sp³-hybridized carbons (Fsp3) is 0.250. The highest BCUT2D eigenvalue weighted by Gasteiger charge is 2.03. The standard InChI is InChI=1S/C8H9N2O2/c11-6-5-10-8(12)7-3-1-2-4-9-7/h1-4H,5-6H2,(H,10,12). The molecule has 0 fully saturated rings. The van der Waals surface area contributed by atoms with Crippen LogP contribution in [0.4, 0.5) is 0 Å². The smallest absolute Gasteiger partial charge is 0.269 e. The number of aromatic nitrogens is 1. The van der Waals surface area contributed by atoms with E-state index in [0.29, 0.717) is 5.69 Å². The summed E-state index contributed by atoms with van der Waals surface area (Å²) in [4.78, 5) is 14.9. The van der Waals surface area contributed by atoms with Crippen molar-refractivity contribution in [3.05, 3.63) is 30.1 Å². The number of carbonyl (C=O) groups is 1. The molecule has 63 valence electrons. The Bertz CT molecular complexity index is 248. The predicted molar refractivity (Wildman–Crippen MR) is 42.1 cm³/mol. The first-order chi connectivity index (χ1) is 5.84. The van der Waals surface area contributed by atoms with Crippen molar-refractivity contribution in [1.29, 1.82) is 0 Å². The van der Waals surface area contributed by atoms with Crippen LogP contribution in [0.5, 0.6) is 0 Å². The summed E-state index contributed by atoms with van der Waals surface area (Å²) in [7, 11) is 0. The van der Waals surface area contributed by atoms with Gasteiger partial charge >= 0.3 is 0 Å². The van der Waals surface area contributed by atoms with Crippen molar-refractivity contribution in [1.82, 2.24) is 10.3 Å². The quantitative estimate of drug-likeness (QED) is 0.697. The number of hydrogen-bond acceptors (Lipinski definition) is 2. The molecule has 4 heteroatoms. The van der Waals surface area contributed by atoms with Gasteiger partial charge in [-0.25, -0.2) is 5.11 Å². The lowest BCUT2D eigenvalue weighted by molar-refractivity contribution is 0.0928. The molecule has 0 bridgehead atoms. The minimum atomic E-state index is -0.307. The van der Waals surface area contributed by atoms with Crippen LogP contribution in [0.3, 0.4) is 0 Å². The summed E-state index contributed by atoms with van der Waals surface area (Å²) in [5.74, 6) is -0.300. The van der Waals surface area contributed by atoms with Crippen molar-refractivity contribution >= 4 is 5.91 Å². The van der Waals surface area contributed by atoms with Gasteiger partial charge in [0, 0.05) is 12.7 Å². The third kappa shape index (κ3) is 2.32. The average molecular weight is 165 g/mol. The molecule has 0 spiro atoms. The molecule has 1 heterocycles. The molecule has 1 aromatic heterocycles. The molecule has 0 aliphatic heterocycles. The largest absolute Gasteiger partial charge is 0.348 e. The van der Waals surface area contributed by atoms with E-state index in [1.54, 1.807) is 18.2 Å². The van der Waals surface area contributed by atoms with Crippen molar-refractivity contribution in [2.75, 3.05) is 13.2 Å². The summed E-state index contributed by atoms with van der Waals surface area (Å²) >= 11 is 0. The Hall–Kier alpha value is -1.42. The topological polar surface area (TPSA) is 61.9 Å². The Morgan fingerprint density at radius 1 is 1.50 bits per heavy atom. The number of rotatable bonds is 3. The average Bonchev–Trinajstić information content (AvgIpc) is 2.15. The lowest BCUT2D eigenvalue weighted by Crippen LogP contribution is -2.26. The first kappa shape index (κ1) is 8.67. The van der Waals surface area contributed by atoms with Gasteiger partial charge in [-0.2, -0.15) is 0 Å². The number of carbonyl (C=O) groups excluding carboxylic acids is 1. The maximum absolute atomic E-state index is 11.1. The van der Waals surface area contributed by atoms with Gasteiger partial charge in [-0.15, -0.1) is 0 Å². The van der Waals surface area contributed by atoms with Gasteiger partial charge in [-0.05, 0) is 12.1 Å². The molecule has 0 saturated heterocycles. The highest BCUT2D eigenvalue weighted by Crippen LogP contribution is 1.91. The highest BCUT2D eigenvalue weighted by atomic mass is 16.3. The van der Waals surface area contributed by atoms with E-state index in [9.17, 15) is 9.90 Å². The Balaban J connectivity index is 2.54. The van der Waals surface area contributed by atoms with Crippen LogP contribution in [0.1, 0.15) is 10.5 Å². The Morgan fingerprint density at radius 2 is 2.33 bits per heavy atom. The van der Waals surface area contributed by atoms with Crippen molar-refractivity contribution in [3.63, 3.8) is 0 Å². The van der Waals surface area contributed by atoms with Gasteiger partial charge in [-0.1, -0.05) is 6.07 Å². The maximum Gasteiger partial charge on any atom is 0.269 e. The van der Waals surface area contributed by atoms with E-state index in [0.717, 1.165) is 0 Å². The number of hydrogen-bond donors (Lipinski definition) is 1. The van der Waals surface area contributed by atoms with Crippen LogP contribution in [-0.2, 0) is 5.11 Å². The molecule has 0 unspecified atom stereocenters. The molecule has 0 aromatic carbocycles. The number of pyridine rings is 1. The maximum atomic E-state index is 11.1. The Kier molecular flexibility index (Phi) is 3.22. The molecular weight excluding hydrogens is 156 g/mol. The lowest BCUT2D eigenvalue weighted by atomic mass is 10.3. The third-order valence-electron chi connectivity index (χ3n) is 1.29. The van der Waals surface area contributed by atoms with Gasteiger partial charge in [0.25, 0.3) is 5.91 Å². The molecule has 12 heavy (non-hydrogen) atoms. The first-order valence-electron chi connectivity index (χ1n) is 3.62. The zero-order chi connectivity index (χ0) is 8.81. The molecule has 1 rings (SSSR count). The van der Waals surface area contributed by atoms with Crippen molar-refractivity contribution in [2.24, 2.45) is 0 Å². The van der Waals surface area contributed by atoms with Crippen LogP contribution in [0, 0.1) is 0 Å². The van der Waals surface area contributed by atoms with Gasteiger partial charge in [0.15, 0.2) is 0 Å². The van der Waals surface area contributed by atoms with Crippen LogP contribution >= 0.6 is 0 Å². The zero-order valence-electron chi connectivity index (χ0n) is 6.49. The van der Waals surface area contributed by atoms with E-state index in [4.69, 9.17) is 0 Å². The van der Waals surface area contributed by atoms with E-state index in [1.165, 1.54) is 6.20 Å².